The van der Waals surface area contributed by atoms with E-state index in [-0.39, 0.29) is 12.1 Å². The summed E-state index contributed by atoms with van der Waals surface area (Å²) in [4.78, 5) is 25.8. The highest BCUT2D eigenvalue weighted by Crippen LogP contribution is 2.37. The first-order valence-electron chi connectivity index (χ1n) is 12.3. The van der Waals surface area contributed by atoms with Gasteiger partial charge < -0.3 is 14.2 Å². The van der Waals surface area contributed by atoms with Gasteiger partial charge in [0.15, 0.2) is 0 Å². The Hall–Kier alpha value is -4.01. The Morgan fingerprint density at radius 1 is 0.947 bits per heavy atom. The summed E-state index contributed by atoms with van der Waals surface area (Å²) in [6, 6.07) is 25.6. The number of aryl methyl sites for hydroxylation is 1. The molecule has 1 N–H and O–H groups in total. The molecule has 38 heavy (non-hydrogen) atoms. The van der Waals surface area contributed by atoms with Crippen molar-refractivity contribution in [1.82, 2.24) is 4.37 Å². The normalized spacial score (nSPS) is 14.7. The maximum atomic E-state index is 12.7. The number of esters is 1. The van der Waals surface area contributed by atoms with Crippen LogP contribution in [0.4, 0.5) is 10.5 Å². The number of aromatic nitrogens is 1. The molecule has 1 aliphatic rings. The van der Waals surface area contributed by atoms with Crippen LogP contribution in [0.2, 0.25) is 0 Å². The van der Waals surface area contributed by atoms with Crippen molar-refractivity contribution in [3.8, 4) is 21.6 Å². The van der Waals surface area contributed by atoms with Gasteiger partial charge in [-0.25, -0.2) is 4.79 Å². The van der Waals surface area contributed by atoms with Crippen LogP contribution in [0, 0.1) is 6.92 Å². The number of benzene rings is 3. The third-order valence-electron chi connectivity index (χ3n) is 6.83. The number of ether oxygens (including phenoxy) is 3. The summed E-state index contributed by atoms with van der Waals surface area (Å²) in [5, 5.41) is 2.89. The molecule has 194 valence electrons. The lowest BCUT2D eigenvalue weighted by Gasteiger charge is -2.38. The van der Waals surface area contributed by atoms with Gasteiger partial charge >= 0.3 is 12.1 Å². The van der Waals surface area contributed by atoms with Gasteiger partial charge in [0.2, 0.25) is 0 Å². The molecule has 8 heteroatoms. The highest BCUT2D eigenvalue weighted by molar-refractivity contribution is 7.10. The van der Waals surface area contributed by atoms with E-state index in [9.17, 15) is 9.59 Å². The third-order valence-corrected chi connectivity index (χ3v) is 7.82. The van der Waals surface area contributed by atoms with E-state index in [1.165, 1.54) is 18.6 Å². The van der Waals surface area contributed by atoms with Crippen LogP contribution in [-0.4, -0.2) is 36.8 Å². The van der Waals surface area contributed by atoms with Gasteiger partial charge in [-0.15, -0.1) is 0 Å². The van der Waals surface area contributed by atoms with Crippen LogP contribution in [0.5, 0.6) is 0 Å². The Balaban J connectivity index is 1.30. The molecule has 7 nitrogen and oxygen atoms in total. The molecule has 1 atom stereocenters. The highest BCUT2D eigenvalue weighted by atomic mass is 32.1. The molecule has 1 saturated heterocycles. The molecule has 0 radical (unpaired) electrons. The summed E-state index contributed by atoms with van der Waals surface area (Å²) in [6.45, 7) is 4.36. The molecule has 3 aromatic carbocycles. The minimum atomic E-state index is -0.718. The quantitative estimate of drug-likeness (QED) is 0.274. The largest absolute Gasteiger partial charge is 0.468 e. The predicted octanol–water partition coefficient (Wildman–Crippen LogP) is 6.54. The van der Waals surface area contributed by atoms with E-state index in [0.717, 1.165) is 38.4 Å². The van der Waals surface area contributed by atoms with Gasteiger partial charge in [-0.1, -0.05) is 78.9 Å². The summed E-state index contributed by atoms with van der Waals surface area (Å²) >= 11 is 1.33. The van der Waals surface area contributed by atoms with Gasteiger partial charge in [-0.2, -0.15) is 4.37 Å². The Morgan fingerprint density at radius 3 is 2.13 bits per heavy atom. The molecular weight excluding hydrogens is 500 g/mol. The molecule has 1 amide bonds. The van der Waals surface area contributed by atoms with Crippen molar-refractivity contribution in [2.75, 3.05) is 25.6 Å². The predicted molar refractivity (Wildman–Crippen MR) is 147 cm³/mol. The fraction of sp³-hybridized carbons (Fsp3) is 0.233. The van der Waals surface area contributed by atoms with E-state index in [1.807, 2.05) is 92.7 Å². The van der Waals surface area contributed by atoms with Crippen molar-refractivity contribution in [3.05, 3.63) is 95.7 Å². The summed E-state index contributed by atoms with van der Waals surface area (Å²) in [5.74, 6) is -0.275. The molecule has 0 aliphatic carbocycles. The topological polar surface area (TPSA) is 86.8 Å². The lowest BCUT2D eigenvalue weighted by molar-refractivity contribution is -0.166. The molecule has 1 aliphatic heterocycles. The number of amides is 1. The standard InChI is InChI=1S/C30H28N2O5S/c1-19-26(31-29(34)37-20(2)21-7-5-4-6-8-21)27(38-32-19)24-11-9-22(10-12-24)23-13-15-25(16-14-23)30(17-36-18-30)28(33)35-3/h4-16,20H,17-18H2,1-3H3,(H,31,34). The van der Waals surface area contributed by atoms with Crippen LogP contribution in [0.1, 0.15) is 29.8 Å². The summed E-state index contributed by atoms with van der Waals surface area (Å²) < 4.78 is 20.4. The van der Waals surface area contributed by atoms with Gasteiger partial charge in [-0.05, 0) is 53.2 Å². The van der Waals surface area contributed by atoms with Gasteiger partial charge in [0, 0.05) is 0 Å². The van der Waals surface area contributed by atoms with E-state index in [4.69, 9.17) is 14.2 Å². The van der Waals surface area contributed by atoms with E-state index in [1.54, 1.807) is 0 Å². The van der Waals surface area contributed by atoms with Crippen LogP contribution < -0.4 is 5.32 Å². The molecule has 5 rings (SSSR count). The monoisotopic (exact) mass is 528 g/mol. The number of methoxy groups -OCH3 is 1. The Bertz CT molecular complexity index is 1430. The highest BCUT2D eigenvalue weighted by Gasteiger charge is 2.48. The maximum Gasteiger partial charge on any atom is 0.412 e. The van der Waals surface area contributed by atoms with Crippen LogP contribution in [-0.2, 0) is 24.4 Å². The number of nitrogens with zero attached hydrogens (tertiary/aromatic N) is 1. The zero-order valence-electron chi connectivity index (χ0n) is 21.4. The number of anilines is 1. The number of hydrogen-bond acceptors (Lipinski definition) is 7. The average molecular weight is 529 g/mol. The van der Waals surface area contributed by atoms with Crippen LogP contribution >= 0.6 is 11.5 Å². The van der Waals surface area contributed by atoms with Gasteiger partial charge in [0.05, 0.1) is 36.6 Å². The molecule has 0 bridgehead atoms. The molecule has 1 fully saturated rings. The Kier molecular flexibility index (Phi) is 7.26. The Labute approximate surface area is 225 Å². The molecule has 4 aromatic rings. The molecular formula is C30H28N2O5S. The second kappa shape index (κ2) is 10.8. The fourth-order valence-corrected chi connectivity index (χ4v) is 5.35. The number of nitrogens with one attached hydrogen (secondary N) is 1. The molecule has 0 saturated carbocycles. The van der Waals surface area contributed by atoms with Crippen LogP contribution in [0.25, 0.3) is 21.6 Å². The van der Waals surface area contributed by atoms with E-state index in [0.29, 0.717) is 18.9 Å². The maximum absolute atomic E-state index is 12.7. The molecule has 1 aromatic heterocycles. The number of carbonyl (C=O) groups is 2. The van der Waals surface area contributed by atoms with E-state index < -0.39 is 11.5 Å². The number of hydrogen-bond donors (Lipinski definition) is 1. The minimum Gasteiger partial charge on any atom is -0.468 e. The smallest absolute Gasteiger partial charge is 0.412 e. The third kappa shape index (κ3) is 4.92. The van der Waals surface area contributed by atoms with E-state index in [2.05, 4.69) is 9.69 Å². The van der Waals surface area contributed by atoms with Crippen molar-refractivity contribution in [3.63, 3.8) is 0 Å². The van der Waals surface area contributed by atoms with Crippen molar-refractivity contribution in [2.45, 2.75) is 25.4 Å². The molecule has 0 spiro atoms. The first kappa shape index (κ1) is 25.6. The van der Waals surface area contributed by atoms with Crippen molar-refractivity contribution < 1.29 is 23.8 Å². The SMILES string of the molecule is COC(=O)C1(c2ccc(-c3ccc(-c4snc(C)c4NC(=O)OC(C)c4ccccc4)cc3)cc2)COC1. The zero-order chi connectivity index (χ0) is 26.7. The van der Waals surface area contributed by atoms with Crippen molar-refractivity contribution in [2.24, 2.45) is 0 Å². The Morgan fingerprint density at radius 2 is 1.55 bits per heavy atom. The molecule has 2 heterocycles. The second-order valence-electron chi connectivity index (χ2n) is 9.28. The van der Waals surface area contributed by atoms with Gasteiger partial charge in [-0.3, -0.25) is 10.1 Å². The lowest BCUT2D eigenvalue weighted by atomic mass is 9.78. The zero-order valence-corrected chi connectivity index (χ0v) is 22.2. The molecule has 1 unspecified atom stereocenters. The first-order chi connectivity index (χ1) is 18.4. The van der Waals surface area contributed by atoms with Crippen molar-refractivity contribution in [1.29, 1.82) is 0 Å². The fourth-order valence-electron chi connectivity index (χ4n) is 4.50. The van der Waals surface area contributed by atoms with E-state index >= 15 is 0 Å². The average Bonchev–Trinajstić information content (AvgIpc) is 3.28. The first-order valence-corrected chi connectivity index (χ1v) is 13.0. The summed E-state index contributed by atoms with van der Waals surface area (Å²) in [5.41, 5.74) is 5.47. The summed E-state index contributed by atoms with van der Waals surface area (Å²) in [6.07, 6.45) is -0.902. The number of rotatable bonds is 7. The van der Waals surface area contributed by atoms with Gasteiger partial charge in [0.25, 0.3) is 0 Å². The second-order valence-corrected chi connectivity index (χ2v) is 10.0. The van der Waals surface area contributed by atoms with Crippen LogP contribution in [0.3, 0.4) is 0 Å². The van der Waals surface area contributed by atoms with Gasteiger partial charge in [0.1, 0.15) is 11.5 Å². The lowest BCUT2D eigenvalue weighted by Crippen LogP contribution is -2.53. The van der Waals surface area contributed by atoms with Crippen molar-refractivity contribution >= 4 is 29.3 Å². The minimum absolute atomic E-state index is 0.275. The van der Waals surface area contributed by atoms with Crippen LogP contribution in [0.15, 0.2) is 78.9 Å². The number of carbonyl (C=O) groups excluding carboxylic acids is 2. The summed E-state index contributed by atoms with van der Waals surface area (Å²) in [7, 11) is 1.40.